The van der Waals surface area contributed by atoms with E-state index in [1.165, 1.54) is 167 Å². The van der Waals surface area contributed by atoms with Gasteiger partial charge >= 0.3 is 17.9 Å². The summed E-state index contributed by atoms with van der Waals surface area (Å²) in [4.78, 5) is 38.3. The van der Waals surface area contributed by atoms with Crippen molar-refractivity contribution in [3.63, 3.8) is 0 Å². The number of unbranched alkanes of at least 4 members (excludes halogenated alkanes) is 33. The van der Waals surface area contributed by atoms with Crippen LogP contribution in [0.1, 0.15) is 310 Å². The van der Waals surface area contributed by atoms with Gasteiger partial charge in [-0.2, -0.15) is 0 Å². The van der Waals surface area contributed by atoms with Crippen molar-refractivity contribution >= 4 is 17.9 Å². The Morgan fingerprint density at radius 2 is 0.542 bits per heavy atom. The van der Waals surface area contributed by atoms with Gasteiger partial charge in [0.05, 0.1) is 0 Å². The van der Waals surface area contributed by atoms with Crippen LogP contribution in [-0.4, -0.2) is 37.2 Å². The fourth-order valence-electron chi connectivity index (χ4n) is 8.82. The van der Waals surface area contributed by atoms with Gasteiger partial charge in [-0.25, -0.2) is 0 Å². The highest BCUT2D eigenvalue weighted by Crippen LogP contribution is 2.16. The highest BCUT2D eigenvalue weighted by atomic mass is 16.6. The molecular formula is C66H116O6. The van der Waals surface area contributed by atoms with Crippen LogP contribution in [0.15, 0.2) is 72.9 Å². The maximum Gasteiger partial charge on any atom is 0.306 e. The standard InChI is InChI=1S/C66H116O6/c1-4-7-10-13-16-19-22-25-28-30-32-33-35-36-38-41-44-47-50-53-56-59-65(68)71-62-63(61-70-64(67)58-55-52-49-46-43-40-27-24-21-18-15-12-9-6-3)72-66(69)60-57-54-51-48-45-42-39-37-34-31-29-26-23-20-17-14-11-8-5-2/h8,11,17,20,22,25-26,29-30,32,34,37,63H,4-7,9-10,12-16,18-19,21,23-24,27-28,31,33,35-36,38-62H2,1-3H3/b11-8-,20-17-,25-22-,29-26-,32-30-,37-34-. The van der Waals surface area contributed by atoms with Gasteiger partial charge in [0, 0.05) is 19.3 Å². The summed E-state index contributed by atoms with van der Waals surface area (Å²) >= 11 is 0. The lowest BCUT2D eigenvalue weighted by molar-refractivity contribution is -0.167. The summed E-state index contributed by atoms with van der Waals surface area (Å²) in [5, 5.41) is 0. The number of carbonyl (C=O) groups is 3. The van der Waals surface area contributed by atoms with Crippen LogP contribution < -0.4 is 0 Å². The van der Waals surface area contributed by atoms with Crippen molar-refractivity contribution in [3.8, 4) is 0 Å². The monoisotopic (exact) mass is 1000 g/mol. The molecule has 72 heavy (non-hydrogen) atoms. The fraction of sp³-hybridized carbons (Fsp3) is 0.773. The third-order valence-corrected chi connectivity index (χ3v) is 13.4. The molecule has 0 spiro atoms. The lowest BCUT2D eigenvalue weighted by atomic mass is 10.0. The molecule has 0 saturated carbocycles. The van der Waals surface area contributed by atoms with Crippen LogP contribution in [0.2, 0.25) is 0 Å². The Bertz CT molecular complexity index is 1340. The Hall–Kier alpha value is -3.15. The molecule has 0 aromatic rings. The van der Waals surface area contributed by atoms with Crippen molar-refractivity contribution in [2.75, 3.05) is 13.2 Å². The lowest BCUT2D eigenvalue weighted by Crippen LogP contribution is -2.30. The summed E-state index contributed by atoms with van der Waals surface area (Å²) < 4.78 is 16.9. The predicted octanol–water partition coefficient (Wildman–Crippen LogP) is 20.9. The summed E-state index contributed by atoms with van der Waals surface area (Å²) in [5.74, 6) is -0.884. The number of allylic oxidation sites excluding steroid dienone is 12. The molecule has 0 aromatic carbocycles. The van der Waals surface area contributed by atoms with Gasteiger partial charge in [-0.3, -0.25) is 14.4 Å². The van der Waals surface area contributed by atoms with E-state index in [1.54, 1.807) is 0 Å². The average Bonchev–Trinajstić information content (AvgIpc) is 3.38. The first-order chi connectivity index (χ1) is 35.5. The number of esters is 3. The molecule has 1 atom stereocenters. The van der Waals surface area contributed by atoms with E-state index < -0.39 is 6.10 Å². The summed E-state index contributed by atoms with van der Waals surface area (Å²) in [6.45, 7) is 6.54. The van der Waals surface area contributed by atoms with Gasteiger partial charge in [-0.1, -0.05) is 273 Å². The first kappa shape index (κ1) is 68.8. The SMILES string of the molecule is CC/C=C\C/C=C\C/C=C\C/C=C\CCCCCCCCC(=O)OC(COC(=O)CCCCCCCCCCC/C=C\C/C=C\CCCCCCC)COC(=O)CCCCCCCCCCCCCCCC. The second-order valence-corrected chi connectivity index (χ2v) is 20.6. The molecule has 0 heterocycles. The molecule has 0 aliphatic heterocycles. The average molecular weight is 1010 g/mol. The highest BCUT2D eigenvalue weighted by molar-refractivity contribution is 5.71. The van der Waals surface area contributed by atoms with Crippen LogP contribution in [0.25, 0.3) is 0 Å². The minimum Gasteiger partial charge on any atom is -0.462 e. The zero-order valence-electron chi connectivity index (χ0n) is 47.7. The van der Waals surface area contributed by atoms with Crippen molar-refractivity contribution < 1.29 is 28.6 Å². The van der Waals surface area contributed by atoms with E-state index in [1.807, 2.05) is 0 Å². The molecule has 0 aromatic heterocycles. The van der Waals surface area contributed by atoms with Gasteiger partial charge in [0.25, 0.3) is 0 Å². The fourth-order valence-corrected chi connectivity index (χ4v) is 8.82. The smallest absolute Gasteiger partial charge is 0.306 e. The van der Waals surface area contributed by atoms with Crippen molar-refractivity contribution in [1.82, 2.24) is 0 Å². The summed E-state index contributed by atoms with van der Waals surface area (Å²) in [6, 6.07) is 0. The zero-order chi connectivity index (χ0) is 52.2. The van der Waals surface area contributed by atoms with Gasteiger partial charge < -0.3 is 14.2 Å². The van der Waals surface area contributed by atoms with E-state index >= 15 is 0 Å². The Morgan fingerprint density at radius 3 is 0.847 bits per heavy atom. The molecule has 0 saturated heterocycles. The predicted molar refractivity (Wildman–Crippen MR) is 311 cm³/mol. The zero-order valence-corrected chi connectivity index (χ0v) is 47.7. The second kappa shape index (κ2) is 60.4. The van der Waals surface area contributed by atoms with Gasteiger partial charge in [-0.15, -0.1) is 0 Å². The van der Waals surface area contributed by atoms with E-state index in [-0.39, 0.29) is 31.1 Å². The number of carbonyl (C=O) groups excluding carboxylic acids is 3. The Labute approximate surface area is 446 Å². The van der Waals surface area contributed by atoms with E-state index in [4.69, 9.17) is 14.2 Å². The largest absolute Gasteiger partial charge is 0.462 e. The van der Waals surface area contributed by atoms with Crippen molar-refractivity contribution in [3.05, 3.63) is 72.9 Å². The molecule has 1 unspecified atom stereocenters. The molecule has 0 amide bonds. The first-order valence-electron chi connectivity index (χ1n) is 30.9. The van der Waals surface area contributed by atoms with Crippen molar-refractivity contribution in [1.29, 1.82) is 0 Å². The maximum absolute atomic E-state index is 12.9. The molecule has 6 nitrogen and oxygen atoms in total. The Kier molecular flexibility index (Phi) is 57.8. The molecule has 0 rings (SSSR count). The third-order valence-electron chi connectivity index (χ3n) is 13.4. The molecule has 0 fully saturated rings. The molecule has 0 N–H and O–H groups in total. The van der Waals surface area contributed by atoms with Gasteiger partial charge in [0.2, 0.25) is 0 Å². The van der Waals surface area contributed by atoms with Gasteiger partial charge in [0.1, 0.15) is 13.2 Å². The maximum atomic E-state index is 12.9. The van der Waals surface area contributed by atoms with Crippen LogP contribution >= 0.6 is 0 Å². The summed E-state index contributed by atoms with van der Waals surface area (Å²) in [6.07, 6.45) is 77.5. The first-order valence-corrected chi connectivity index (χ1v) is 30.9. The molecule has 0 bridgehead atoms. The van der Waals surface area contributed by atoms with Crippen molar-refractivity contribution in [2.24, 2.45) is 0 Å². The molecule has 0 radical (unpaired) electrons. The number of hydrogen-bond donors (Lipinski definition) is 0. The Morgan fingerprint density at radius 1 is 0.292 bits per heavy atom. The van der Waals surface area contributed by atoms with E-state index in [0.29, 0.717) is 19.3 Å². The number of ether oxygens (including phenoxy) is 3. The molecule has 416 valence electrons. The van der Waals surface area contributed by atoms with Crippen LogP contribution in [0.4, 0.5) is 0 Å². The second-order valence-electron chi connectivity index (χ2n) is 20.6. The van der Waals surface area contributed by atoms with E-state index in [2.05, 4.69) is 93.7 Å². The Balaban J connectivity index is 4.37. The quantitative estimate of drug-likeness (QED) is 0.0261. The number of hydrogen-bond acceptors (Lipinski definition) is 6. The minimum absolute atomic E-state index is 0.0800. The molecule has 0 aliphatic carbocycles. The normalized spacial score (nSPS) is 12.5. The number of rotatable bonds is 56. The van der Waals surface area contributed by atoms with Crippen LogP contribution in [0.5, 0.6) is 0 Å². The topological polar surface area (TPSA) is 78.9 Å². The summed E-state index contributed by atoms with van der Waals surface area (Å²) in [5.41, 5.74) is 0. The summed E-state index contributed by atoms with van der Waals surface area (Å²) in [7, 11) is 0. The van der Waals surface area contributed by atoms with E-state index in [0.717, 1.165) is 103 Å². The van der Waals surface area contributed by atoms with Crippen LogP contribution in [-0.2, 0) is 28.6 Å². The van der Waals surface area contributed by atoms with Crippen LogP contribution in [0, 0.1) is 0 Å². The van der Waals surface area contributed by atoms with Crippen LogP contribution in [0.3, 0.4) is 0 Å². The highest BCUT2D eigenvalue weighted by Gasteiger charge is 2.19. The van der Waals surface area contributed by atoms with E-state index in [9.17, 15) is 14.4 Å². The minimum atomic E-state index is -0.784. The van der Waals surface area contributed by atoms with Gasteiger partial charge in [0.15, 0.2) is 6.10 Å². The third kappa shape index (κ3) is 57.7. The van der Waals surface area contributed by atoms with Gasteiger partial charge in [-0.05, 0) is 89.9 Å². The van der Waals surface area contributed by atoms with Crippen molar-refractivity contribution in [2.45, 2.75) is 316 Å². The molecular weight excluding hydrogens is 889 g/mol. The molecule has 0 aliphatic rings. The molecule has 6 heteroatoms. The lowest BCUT2D eigenvalue weighted by Gasteiger charge is -2.18.